The molecule has 2 aliphatic heterocycles. The molecule has 32 heavy (non-hydrogen) atoms. The Hall–Kier alpha value is -3.15. The number of benzene rings is 1. The van der Waals surface area contributed by atoms with Gasteiger partial charge in [0.15, 0.2) is 5.13 Å². The summed E-state index contributed by atoms with van der Waals surface area (Å²) >= 11 is 1.10. The number of nitrogens with one attached hydrogen (secondary N) is 2. The molecule has 4 amide bonds. The molecule has 8 nitrogen and oxygen atoms in total. The summed E-state index contributed by atoms with van der Waals surface area (Å²) in [6, 6.07) is 3.11. The Morgan fingerprint density at radius 2 is 2.09 bits per heavy atom. The van der Waals surface area contributed by atoms with Crippen LogP contribution in [0.15, 0.2) is 18.2 Å². The zero-order chi connectivity index (χ0) is 23.2. The number of hydrogen-bond donors (Lipinski definition) is 3. The van der Waals surface area contributed by atoms with E-state index in [1.54, 1.807) is 13.0 Å². The first-order valence-corrected chi connectivity index (χ1v) is 10.7. The second kappa shape index (κ2) is 8.08. The third kappa shape index (κ3) is 4.01. The van der Waals surface area contributed by atoms with Crippen LogP contribution in [0.1, 0.15) is 40.4 Å². The minimum Gasteiger partial charge on any atom is -0.368 e. The summed E-state index contributed by atoms with van der Waals surface area (Å²) < 4.78 is 40.5. The first-order valence-electron chi connectivity index (χ1n) is 9.90. The highest BCUT2D eigenvalue weighted by Gasteiger charge is 2.44. The molecule has 1 aromatic heterocycles. The number of urea groups is 1. The smallest absolute Gasteiger partial charge is 0.368 e. The molecule has 170 valence electrons. The van der Waals surface area contributed by atoms with Gasteiger partial charge in [-0.15, -0.1) is 0 Å². The SMILES string of the molecule is Cc1nc(NC(=O)N2CCCC2C(N)=O)sc1-c1ccc2c(c1)[C@H](C(F)(F)F)CNC2=O. The fourth-order valence-electron chi connectivity index (χ4n) is 4.08. The maximum Gasteiger partial charge on any atom is 0.397 e. The molecule has 2 atom stereocenters. The van der Waals surface area contributed by atoms with Crippen LogP contribution in [0.25, 0.3) is 10.4 Å². The number of amides is 4. The Morgan fingerprint density at radius 3 is 2.78 bits per heavy atom. The predicted octanol–water partition coefficient (Wildman–Crippen LogP) is 2.99. The molecular weight excluding hydrogens is 447 g/mol. The van der Waals surface area contributed by atoms with Crippen molar-refractivity contribution < 1.29 is 27.6 Å². The average molecular weight is 467 g/mol. The molecule has 4 N–H and O–H groups in total. The van der Waals surface area contributed by atoms with Crippen molar-refractivity contribution in [3.63, 3.8) is 0 Å². The molecule has 2 aromatic rings. The Morgan fingerprint density at radius 1 is 1.34 bits per heavy atom. The van der Waals surface area contributed by atoms with Crippen LogP contribution in [-0.4, -0.2) is 53.0 Å². The highest BCUT2D eigenvalue weighted by atomic mass is 32.1. The topological polar surface area (TPSA) is 117 Å². The maximum atomic E-state index is 13.5. The lowest BCUT2D eigenvalue weighted by Crippen LogP contribution is -2.45. The van der Waals surface area contributed by atoms with E-state index in [9.17, 15) is 27.6 Å². The molecule has 0 bridgehead atoms. The number of aromatic nitrogens is 1. The number of fused-ring (bicyclic) bond motifs is 1. The fourth-order valence-corrected chi connectivity index (χ4v) is 5.03. The largest absolute Gasteiger partial charge is 0.397 e. The maximum absolute atomic E-state index is 13.5. The van der Waals surface area contributed by atoms with Gasteiger partial charge < -0.3 is 16.0 Å². The Labute approximate surface area is 185 Å². The molecule has 12 heteroatoms. The lowest BCUT2D eigenvalue weighted by atomic mass is 9.88. The number of anilines is 1. The van der Waals surface area contributed by atoms with E-state index in [0.29, 0.717) is 35.5 Å². The van der Waals surface area contributed by atoms with Crippen LogP contribution >= 0.6 is 11.3 Å². The van der Waals surface area contributed by atoms with Gasteiger partial charge in [-0.25, -0.2) is 9.78 Å². The van der Waals surface area contributed by atoms with Crippen LogP contribution in [-0.2, 0) is 4.79 Å². The quantitative estimate of drug-likeness (QED) is 0.643. The van der Waals surface area contributed by atoms with Gasteiger partial charge in [0.25, 0.3) is 5.91 Å². The summed E-state index contributed by atoms with van der Waals surface area (Å²) in [7, 11) is 0. The van der Waals surface area contributed by atoms with Crippen molar-refractivity contribution in [1.82, 2.24) is 15.2 Å². The number of likely N-dealkylation sites (tertiary alicyclic amines) is 1. The first kappa shape index (κ1) is 22.1. The number of rotatable bonds is 3. The van der Waals surface area contributed by atoms with Crippen molar-refractivity contribution in [3.8, 4) is 10.4 Å². The third-order valence-corrected chi connectivity index (χ3v) is 6.77. The van der Waals surface area contributed by atoms with Gasteiger partial charge >= 0.3 is 12.2 Å². The van der Waals surface area contributed by atoms with Gasteiger partial charge in [-0.05, 0) is 43.0 Å². The Balaban J connectivity index is 1.61. The molecule has 2 aliphatic rings. The molecule has 0 spiro atoms. The molecule has 0 radical (unpaired) electrons. The molecule has 0 aliphatic carbocycles. The number of carbonyl (C=O) groups is 3. The van der Waals surface area contributed by atoms with Gasteiger partial charge in [0, 0.05) is 18.7 Å². The van der Waals surface area contributed by atoms with E-state index in [2.05, 4.69) is 15.6 Å². The molecule has 1 saturated heterocycles. The van der Waals surface area contributed by atoms with Gasteiger partial charge in [0.2, 0.25) is 5.91 Å². The third-order valence-electron chi connectivity index (χ3n) is 5.65. The molecule has 4 rings (SSSR count). The minimum absolute atomic E-state index is 0.00968. The van der Waals surface area contributed by atoms with Gasteiger partial charge in [-0.1, -0.05) is 17.4 Å². The summed E-state index contributed by atoms with van der Waals surface area (Å²) in [5.74, 6) is -2.93. The van der Waals surface area contributed by atoms with E-state index in [1.807, 2.05) is 0 Å². The van der Waals surface area contributed by atoms with Gasteiger partial charge in [0.05, 0.1) is 16.5 Å². The normalized spacial score (nSPS) is 20.6. The van der Waals surface area contributed by atoms with Crippen LogP contribution in [0.3, 0.4) is 0 Å². The fraction of sp³-hybridized carbons (Fsp3) is 0.400. The lowest BCUT2D eigenvalue weighted by Gasteiger charge is -2.28. The minimum atomic E-state index is -4.50. The van der Waals surface area contributed by atoms with Crippen LogP contribution in [0.5, 0.6) is 0 Å². The number of primary amides is 1. The summed E-state index contributed by atoms with van der Waals surface area (Å²) in [5, 5.41) is 5.17. The van der Waals surface area contributed by atoms with Crippen molar-refractivity contribution >= 4 is 34.3 Å². The summed E-state index contributed by atoms with van der Waals surface area (Å²) in [6.07, 6.45) is -3.35. The number of alkyl halides is 3. The van der Waals surface area contributed by atoms with Crippen molar-refractivity contribution in [3.05, 3.63) is 35.0 Å². The first-order chi connectivity index (χ1) is 15.1. The Bertz CT molecular complexity index is 1100. The van der Waals surface area contributed by atoms with Gasteiger partial charge in [-0.3, -0.25) is 14.9 Å². The van der Waals surface area contributed by atoms with Crippen LogP contribution < -0.4 is 16.4 Å². The lowest BCUT2D eigenvalue weighted by molar-refractivity contribution is -0.149. The van der Waals surface area contributed by atoms with Crippen molar-refractivity contribution in [1.29, 1.82) is 0 Å². The average Bonchev–Trinajstić information content (AvgIpc) is 3.34. The Kier molecular flexibility index (Phi) is 5.57. The standard InChI is InChI=1S/C20H20F3N5O3S/c1-9-15(32-18(26-9)27-19(31)28-6-2-3-14(28)16(24)29)10-4-5-11-12(7-10)13(20(21,22)23)8-25-17(11)30/h4-5,7,13-14H,2-3,6,8H2,1H3,(H2,24,29)(H,25,30)(H,26,27,31)/t13-,14?/m1/s1. The zero-order valence-electron chi connectivity index (χ0n) is 17.0. The highest BCUT2D eigenvalue weighted by molar-refractivity contribution is 7.19. The van der Waals surface area contributed by atoms with E-state index in [-0.39, 0.29) is 16.3 Å². The number of halogens is 3. The summed E-state index contributed by atoms with van der Waals surface area (Å²) in [5.41, 5.74) is 6.24. The number of hydrogen-bond acceptors (Lipinski definition) is 5. The van der Waals surface area contributed by atoms with E-state index in [0.717, 1.165) is 11.3 Å². The molecule has 0 saturated carbocycles. The molecule has 1 unspecified atom stereocenters. The molecular formula is C20H20F3N5O3S. The van der Waals surface area contributed by atoms with E-state index in [4.69, 9.17) is 5.73 Å². The van der Waals surface area contributed by atoms with Gasteiger partial charge in [-0.2, -0.15) is 13.2 Å². The van der Waals surface area contributed by atoms with Crippen LogP contribution in [0.4, 0.5) is 23.1 Å². The number of aryl methyl sites for hydroxylation is 1. The summed E-state index contributed by atoms with van der Waals surface area (Å²) in [6.45, 7) is 1.55. The highest BCUT2D eigenvalue weighted by Crippen LogP contribution is 2.41. The number of carbonyl (C=O) groups excluding carboxylic acids is 3. The van der Waals surface area contributed by atoms with E-state index >= 15 is 0 Å². The van der Waals surface area contributed by atoms with Crippen molar-refractivity contribution in [2.75, 3.05) is 18.4 Å². The van der Waals surface area contributed by atoms with Crippen molar-refractivity contribution in [2.45, 2.75) is 37.9 Å². The van der Waals surface area contributed by atoms with Gasteiger partial charge in [0.1, 0.15) is 6.04 Å². The molecule has 1 fully saturated rings. The van der Waals surface area contributed by atoms with Crippen molar-refractivity contribution in [2.24, 2.45) is 5.73 Å². The molecule has 3 heterocycles. The van der Waals surface area contributed by atoms with E-state index in [1.165, 1.54) is 17.0 Å². The zero-order valence-corrected chi connectivity index (χ0v) is 17.8. The molecule has 1 aromatic carbocycles. The number of thiazole rings is 1. The second-order valence-electron chi connectivity index (χ2n) is 7.72. The monoisotopic (exact) mass is 467 g/mol. The van der Waals surface area contributed by atoms with Crippen LogP contribution in [0, 0.1) is 6.92 Å². The summed E-state index contributed by atoms with van der Waals surface area (Å²) in [4.78, 5) is 42.4. The predicted molar refractivity (Wildman–Crippen MR) is 111 cm³/mol. The number of nitrogens with two attached hydrogens (primary N) is 1. The number of nitrogens with zero attached hydrogens (tertiary/aromatic N) is 2. The second-order valence-corrected chi connectivity index (χ2v) is 8.72. The van der Waals surface area contributed by atoms with Crippen LogP contribution in [0.2, 0.25) is 0 Å². The van der Waals surface area contributed by atoms with E-state index < -0.39 is 42.5 Å².